The highest BCUT2D eigenvalue weighted by Crippen LogP contribution is 2.44. The summed E-state index contributed by atoms with van der Waals surface area (Å²) < 4.78 is 0. The molecular formula is C25H22ClNO3. The Balaban J connectivity index is 1.96. The fourth-order valence-electron chi connectivity index (χ4n) is 4.05. The summed E-state index contributed by atoms with van der Waals surface area (Å²) in [6.45, 7) is 3.88. The number of aliphatic hydroxyl groups is 1. The molecule has 1 amide bonds. The monoisotopic (exact) mass is 419 g/mol. The topological polar surface area (TPSA) is 57.6 Å². The Morgan fingerprint density at radius 1 is 1.07 bits per heavy atom. The average molecular weight is 420 g/mol. The first-order chi connectivity index (χ1) is 14.4. The summed E-state index contributed by atoms with van der Waals surface area (Å²) in [5.74, 6) is -1.21. The highest BCUT2D eigenvalue weighted by molar-refractivity contribution is 6.31. The second-order valence-electron chi connectivity index (χ2n) is 7.91. The van der Waals surface area contributed by atoms with Gasteiger partial charge in [-0.15, -0.1) is 0 Å². The number of hydrogen-bond acceptors (Lipinski definition) is 3. The van der Waals surface area contributed by atoms with Gasteiger partial charge in [-0.25, -0.2) is 0 Å². The Morgan fingerprint density at radius 3 is 2.50 bits per heavy atom. The van der Waals surface area contributed by atoms with Crippen LogP contribution in [0.5, 0.6) is 0 Å². The molecule has 1 aliphatic heterocycles. The number of fused-ring (bicyclic) bond motifs is 1. The van der Waals surface area contributed by atoms with Gasteiger partial charge in [-0.2, -0.15) is 0 Å². The highest BCUT2D eigenvalue weighted by atomic mass is 35.5. The molecule has 1 aliphatic rings. The zero-order chi connectivity index (χ0) is 21.4. The number of nitrogens with zero attached hydrogens (tertiary/aromatic N) is 1. The van der Waals surface area contributed by atoms with Crippen molar-refractivity contribution in [2.24, 2.45) is 5.92 Å². The van der Waals surface area contributed by atoms with Crippen molar-refractivity contribution in [1.29, 1.82) is 0 Å². The van der Waals surface area contributed by atoms with E-state index in [2.05, 4.69) is 0 Å². The van der Waals surface area contributed by atoms with Crippen LogP contribution in [-0.4, -0.2) is 16.8 Å². The van der Waals surface area contributed by atoms with Gasteiger partial charge in [0.2, 0.25) is 0 Å². The molecule has 0 saturated carbocycles. The van der Waals surface area contributed by atoms with Crippen LogP contribution in [0.25, 0.3) is 10.8 Å². The van der Waals surface area contributed by atoms with Crippen LogP contribution < -0.4 is 4.90 Å². The zero-order valence-corrected chi connectivity index (χ0v) is 17.6. The van der Waals surface area contributed by atoms with E-state index in [1.54, 1.807) is 24.3 Å². The predicted molar refractivity (Wildman–Crippen MR) is 120 cm³/mol. The SMILES string of the molecule is CC(C)CC(=O)C1=C(O)C(=O)N(c2cccc(Cl)c2)C1c1cccc2ccccc12. The molecule has 0 spiro atoms. The fraction of sp³-hybridized carbons (Fsp3) is 0.200. The van der Waals surface area contributed by atoms with E-state index in [0.29, 0.717) is 10.7 Å². The fourth-order valence-corrected chi connectivity index (χ4v) is 4.23. The number of Topliss-reactive ketones (excluding diaryl/α,β-unsaturated/α-hetero) is 1. The number of rotatable bonds is 5. The lowest BCUT2D eigenvalue weighted by atomic mass is 9.89. The van der Waals surface area contributed by atoms with Crippen LogP contribution in [0.4, 0.5) is 5.69 Å². The third kappa shape index (κ3) is 3.48. The molecule has 3 aromatic carbocycles. The van der Waals surface area contributed by atoms with Crippen LogP contribution in [0.3, 0.4) is 0 Å². The van der Waals surface area contributed by atoms with Crippen molar-refractivity contribution in [1.82, 2.24) is 0 Å². The molecule has 0 radical (unpaired) electrons. The molecule has 4 rings (SSSR count). The minimum absolute atomic E-state index is 0.0984. The zero-order valence-electron chi connectivity index (χ0n) is 16.8. The first-order valence-corrected chi connectivity index (χ1v) is 10.3. The lowest BCUT2D eigenvalue weighted by molar-refractivity contribution is -0.118. The van der Waals surface area contributed by atoms with Crippen molar-refractivity contribution >= 4 is 39.8 Å². The summed E-state index contributed by atoms with van der Waals surface area (Å²) in [6, 6.07) is 19.8. The second kappa shape index (κ2) is 7.96. The van der Waals surface area contributed by atoms with Gasteiger partial charge in [-0.1, -0.05) is 74.0 Å². The maximum Gasteiger partial charge on any atom is 0.294 e. The number of carbonyl (C=O) groups is 2. The summed E-state index contributed by atoms with van der Waals surface area (Å²) in [5.41, 5.74) is 1.46. The standard InChI is InChI=1S/C25H22ClNO3/c1-15(2)13-21(28)22-23(20-12-5-8-16-7-3-4-11-19(16)20)27(25(30)24(22)29)18-10-6-9-17(26)14-18/h3-12,14-15,23,29H,13H2,1-2H3. The molecule has 3 aromatic rings. The lowest BCUT2D eigenvalue weighted by Gasteiger charge is -2.28. The Kier molecular flexibility index (Phi) is 5.35. The van der Waals surface area contributed by atoms with Crippen LogP contribution >= 0.6 is 11.6 Å². The van der Waals surface area contributed by atoms with E-state index in [4.69, 9.17) is 11.6 Å². The van der Waals surface area contributed by atoms with Gasteiger partial charge in [-0.3, -0.25) is 14.5 Å². The number of ketones is 1. The molecular weight excluding hydrogens is 398 g/mol. The van der Waals surface area contributed by atoms with Gasteiger partial charge in [0.25, 0.3) is 5.91 Å². The molecule has 1 N–H and O–H groups in total. The van der Waals surface area contributed by atoms with Crippen molar-refractivity contribution in [3.05, 3.63) is 88.6 Å². The molecule has 0 saturated heterocycles. The molecule has 1 unspecified atom stereocenters. The van der Waals surface area contributed by atoms with Gasteiger partial charge in [0, 0.05) is 17.1 Å². The van der Waals surface area contributed by atoms with E-state index in [1.807, 2.05) is 56.3 Å². The molecule has 1 atom stereocenters. The molecule has 5 heteroatoms. The van der Waals surface area contributed by atoms with E-state index >= 15 is 0 Å². The number of benzene rings is 3. The quantitative estimate of drug-likeness (QED) is 0.551. The minimum atomic E-state index is -0.728. The molecule has 0 aromatic heterocycles. The molecule has 1 heterocycles. The number of carbonyl (C=O) groups excluding carboxylic acids is 2. The highest BCUT2D eigenvalue weighted by Gasteiger charge is 2.44. The predicted octanol–water partition coefficient (Wildman–Crippen LogP) is 6.01. The summed E-state index contributed by atoms with van der Waals surface area (Å²) in [6.07, 6.45) is 0.247. The summed E-state index contributed by atoms with van der Waals surface area (Å²) in [7, 11) is 0. The van der Waals surface area contributed by atoms with Gasteiger partial charge >= 0.3 is 0 Å². The third-order valence-electron chi connectivity index (χ3n) is 5.31. The van der Waals surface area contributed by atoms with Crippen LogP contribution in [-0.2, 0) is 9.59 Å². The molecule has 4 nitrogen and oxygen atoms in total. The second-order valence-corrected chi connectivity index (χ2v) is 8.35. The molecule has 0 aliphatic carbocycles. The van der Waals surface area contributed by atoms with Crippen molar-refractivity contribution in [3.63, 3.8) is 0 Å². The Hall–Kier alpha value is -3.11. The Bertz CT molecular complexity index is 1180. The molecule has 30 heavy (non-hydrogen) atoms. The largest absolute Gasteiger partial charge is 0.503 e. The number of halogens is 1. The van der Waals surface area contributed by atoms with E-state index in [9.17, 15) is 14.7 Å². The first kappa shape index (κ1) is 20.2. The van der Waals surface area contributed by atoms with Gasteiger partial charge in [-0.05, 0) is 40.5 Å². The molecule has 152 valence electrons. The smallest absolute Gasteiger partial charge is 0.294 e. The third-order valence-corrected chi connectivity index (χ3v) is 5.54. The van der Waals surface area contributed by atoms with E-state index in [-0.39, 0.29) is 23.7 Å². The Labute approximate surface area is 180 Å². The number of aliphatic hydroxyl groups excluding tert-OH is 1. The van der Waals surface area contributed by atoms with E-state index in [0.717, 1.165) is 16.3 Å². The lowest BCUT2D eigenvalue weighted by Crippen LogP contribution is -2.31. The number of anilines is 1. The normalized spacial score (nSPS) is 16.7. The van der Waals surface area contributed by atoms with Gasteiger partial charge < -0.3 is 5.11 Å². The van der Waals surface area contributed by atoms with Crippen molar-refractivity contribution in [2.45, 2.75) is 26.3 Å². The molecule has 0 fully saturated rings. The minimum Gasteiger partial charge on any atom is -0.503 e. The molecule has 0 bridgehead atoms. The van der Waals surface area contributed by atoms with E-state index < -0.39 is 17.7 Å². The maximum atomic E-state index is 13.2. The van der Waals surface area contributed by atoms with Crippen LogP contribution in [0.15, 0.2) is 78.1 Å². The number of hydrogen-bond donors (Lipinski definition) is 1. The summed E-state index contributed by atoms with van der Waals surface area (Å²) in [4.78, 5) is 27.8. The van der Waals surface area contributed by atoms with Crippen molar-refractivity contribution in [2.75, 3.05) is 4.90 Å². The van der Waals surface area contributed by atoms with E-state index in [1.165, 1.54) is 4.90 Å². The summed E-state index contributed by atoms with van der Waals surface area (Å²) in [5, 5.41) is 13.2. The maximum absolute atomic E-state index is 13.2. The van der Waals surface area contributed by atoms with Crippen LogP contribution in [0, 0.1) is 5.92 Å². The van der Waals surface area contributed by atoms with Crippen LogP contribution in [0.1, 0.15) is 31.9 Å². The van der Waals surface area contributed by atoms with Crippen molar-refractivity contribution in [3.8, 4) is 0 Å². The van der Waals surface area contributed by atoms with Gasteiger partial charge in [0.1, 0.15) is 0 Å². The van der Waals surface area contributed by atoms with Crippen molar-refractivity contribution < 1.29 is 14.7 Å². The summed E-state index contributed by atoms with van der Waals surface area (Å²) >= 11 is 6.18. The van der Waals surface area contributed by atoms with Gasteiger partial charge in [0.15, 0.2) is 11.5 Å². The average Bonchev–Trinajstić information content (AvgIpc) is 2.98. The van der Waals surface area contributed by atoms with Crippen LogP contribution in [0.2, 0.25) is 5.02 Å². The number of amides is 1. The Morgan fingerprint density at radius 2 is 1.77 bits per heavy atom. The first-order valence-electron chi connectivity index (χ1n) is 9.91. The van der Waals surface area contributed by atoms with Gasteiger partial charge in [0.05, 0.1) is 11.6 Å².